The molecule has 0 spiro atoms. The van der Waals surface area contributed by atoms with E-state index < -0.39 is 11.9 Å². The third-order valence-corrected chi connectivity index (χ3v) is 3.12. The summed E-state index contributed by atoms with van der Waals surface area (Å²) in [7, 11) is 0. The minimum atomic E-state index is -0.626. The standard InChI is InChI=1S/C15H16FN3O/c1-15(2,3)13-11(8-17)12(18-14(20)19-13)9-5-4-6-10(16)7-9/h4-7,12H,1-3H3,(H2,18,19,20)/t12-/m0/s1. The first-order valence-corrected chi connectivity index (χ1v) is 6.30. The van der Waals surface area contributed by atoms with Crippen LogP contribution >= 0.6 is 0 Å². The van der Waals surface area contributed by atoms with E-state index in [0.29, 0.717) is 16.8 Å². The maximum Gasteiger partial charge on any atom is 0.319 e. The summed E-state index contributed by atoms with van der Waals surface area (Å²) in [5.74, 6) is -0.398. The van der Waals surface area contributed by atoms with Crippen LogP contribution in [0.25, 0.3) is 0 Å². The van der Waals surface area contributed by atoms with Gasteiger partial charge in [0.1, 0.15) is 5.82 Å². The van der Waals surface area contributed by atoms with Crippen molar-refractivity contribution in [3.05, 3.63) is 46.9 Å². The molecule has 2 N–H and O–H groups in total. The van der Waals surface area contributed by atoms with Gasteiger partial charge in [0.15, 0.2) is 0 Å². The lowest BCUT2D eigenvalue weighted by atomic mass is 9.84. The molecule has 4 nitrogen and oxygen atoms in total. The molecule has 20 heavy (non-hydrogen) atoms. The summed E-state index contributed by atoms with van der Waals surface area (Å²) in [5.41, 5.74) is 1.15. The number of allylic oxidation sites excluding steroid dienone is 1. The van der Waals surface area contributed by atoms with Crippen molar-refractivity contribution in [2.24, 2.45) is 5.41 Å². The number of amides is 2. The topological polar surface area (TPSA) is 64.9 Å². The number of halogens is 1. The second-order valence-corrected chi connectivity index (χ2v) is 5.74. The third kappa shape index (κ3) is 2.64. The second kappa shape index (κ2) is 4.97. The van der Waals surface area contributed by atoms with Crippen molar-refractivity contribution < 1.29 is 9.18 Å². The van der Waals surface area contributed by atoms with Crippen LogP contribution in [-0.4, -0.2) is 6.03 Å². The van der Waals surface area contributed by atoms with Crippen LogP contribution in [0.3, 0.4) is 0 Å². The van der Waals surface area contributed by atoms with Crippen LogP contribution < -0.4 is 10.6 Å². The Balaban J connectivity index is 2.57. The lowest BCUT2D eigenvalue weighted by Gasteiger charge is -2.33. The molecule has 1 aliphatic heterocycles. The Labute approximate surface area is 117 Å². The van der Waals surface area contributed by atoms with Crippen molar-refractivity contribution in [3.8, 4) is 6.07 Å². The molecule has 104 valence electrons. The van der Waals surface area contributed by atoms with E-state index in [2.05, 4.69) is 16.7 Å². The Kier molecular flexibility index (Phi) is 3.49. The molecule has 1 aromatic rings. The molecule has 0 saturated heterocycles. The van der Waals surface area contributed by atoms with Gasteiger partial charge in [-0.2, -0.15) is 5.26 Å². The van der Waals surface area contributed by atoms with Gasteiger partial charge in [0, 0.05) is 11.1 Å². The molecule has 5 heteroatoms. The van der Waals surface area contributed by atoms with Gasteiger partial charge >= 0.3 is 6.03 Å². The number of carbonyl (C=O) groups excluding carboxylic acids is 1. The van der Waals surface area contributed by atoms with Gasteiger partial charge in [0.2, 0.25) is 0 Å². The normalized spacial score (nSPS) is 19.1. The Hall–Kier alpha value is -2.35. The zero-order valence-electron chi connectivity index (χ0n) is 11.6. The zero-order valence-corrected chi connectivity index (χ0v) is 11.6. The molecule has 0 aliphatic carbocycles. The molecule has 0 fully saturated rings. The minimum Gasteiger partial charge on any atom is -0.326 e. The van der Waals surface area contributed by atoms with E-state index in [1.165, 1.54) is 12.1 Å². The molecular formula is C15H16FN3O. The fourth-order valence-corrected chi connectivity index (χ4v) is 2.21. The van der Waals surface area contributed by atoms with E-state index >= 15 is 0 Å². The molecule has 0 aromatic heterocycles. The number of nitriles is 1. The quantitative estimate of drug-likeness (QED) is 0.826. The molecule has 1 atom stereocenters. The van der Waals surface area contributed by atoms with Gasteiger partial charge < -0.3 is 10.6 Å². The summed E-state index contributed by atoms with van der Waals surface area (Å²) < 4.78 is 13.4. The smallest absolute Gasteiger partial charge is 0.319 e. The van der Waals surface area contributed by atoms with Gasteiger partial charge in [0.25, 0.3) is 0 Å². The van der Waals surface area contributed by atoms with Gasteiger partial charge in [-0.3, -0.25) is 0 Å². The number of hydrogen-bond donors (Lipinski definition) is 2. The van der Waals surface area contributed by atoms with E-state index in [-0.39, 0.29) is 11.4 Å². The van der Waals surface area contributed by atoms with Crippen LogP contribution in [0.5, 0.6) is 0 Å². The summed E-state index contributed by atoms with van der Waals surface area (Å²) in [6.07, 6.45) is 0. The van der Waals surface area contributed by atoms with E-state index in [9.17, 15) is 14.4 Å². The van der Waals surface area contributed by atoms with E-state index in [0.717, 1.165) is 0 Å². The Morgan fingerprint density at radius 2 is 2.05 bits per heavy atom. The number of urea groups is 1. The number of carbonyl (C=O) groups is 1. The van der Waals surface area contributed by atoms with Crippen molar-refractivity contribution in [2.45, 2.75) is 26.8 Å². The highest BCUT2D eigenvalue weighted by molar-refractivity contribution is 5.80. The Bertz CT molecular complexity index is 623. The number of hydrogen-bond acceptors (Lipinski definition) is 2. The zero-order chi connectivity index (χ0) is 14.9. The average Bonchev–Trinajstić information content (AvgIpc) is 2.36. The van der Waals surface area contributed by atoms with Gasteiger partial charge in [0.05, 0.1) is 17.7 Å². The van der Waals surface area contributed by atoms with Gasteiger partial charge in [-0.1, -0.05) is 32.9 Å². The largest absolute Gasteiger partial charge is 0.326 e. The highest BCUT2D eigenvalue weighted by Crippen LogP contribution is 2.34. The van der Waals surface area contributed by atoms with E-state index in [4.69, 9.17) is 0 Å². The molecule has 1 aromatic carbocycles. The van der Waals surface area contributed by atoms with E-state index in [1.54, 1.807) is 12.1 Å². The van der Waals surface area contributed by atoms with Gasteiger partial charge in [-0.05, 0) is 17.7 Å². The van der Waals surface area contributed by atoms with Crippen molar-refractivity contribution in [1.29, 1.82) is 5.26 Å². The lowest BCUT2D eigenvalue weighted by Crippen LogP contribution is -2.46. The molecule has 1 heterocycles. The average molecular weight is 273 g/mol. The van der Waals surface area contributed by atoms with Gasteiger partial charge in [-0.15, -0.1) is 0 Å². The predicted molar refractivity (Wildman–Crippen MR) is 72.9 cm³/mol. The first kappa shape index (κ1) is 14.1. The van der Waals surface area contributed by atoms with Crippen LogP contribution in [0, 0.1) is 22.6 Å². The number of rotatable bonds is 1. The summed E-state index contributed by atoms with van der Waals surface area (Å²) in [5, 5.41) is 14.8. The summed E-state index contributed by atoms with van der Waals surface area (Å²) in [6.45, 7) is 5.73. The minimum absolute atomic E-state index is 0.381. The summed E-state index contributed by atoms with van der Waals surface area (Å²) in [4.78, 5) is 11.8. The van der Waals surface area contributed by atoms with Crippen LogP contribution in [-0.2, 0) is 0 Å². The molecule has 2 amide bonds. The highest BCUT2D eigenvalue weighted by Gasteiger charge is 2.33. The SMILES string of the molecule is CC(C)(C)C1=C(C#N)[C@H](c2cccc(F)c2)NC(=O)N1. The second-order valence-electron chi connectivity index (χ2n) is 5.74. The van der Waals surface area contributed by atoms with Crippen LogP contribution in [0.4, 0.5) is 9.18 Å². The maximum atomic E-state index is 13.4. The van der Waals surface area contributed by atoms with Crippen LogP contribution in [0.1, 0.15) is 32.4 Å². The molecule has 1 aliphatic rings. The first-order valence-electron chi connectivity index (χ1n) is 6.30. The number of nitrogens with zero attached hydrogens (tertiary/aromatic N) is 1. The van der Waals surface area contributed by atoms with Crippen molar-refractivity contribution in [3.63, 3.8) is 0 Å². The van der Waals surface area contributed by atoms with Crippen molar-refractivity contribution >= 4 is 6.03 Å². The monoisotopic (exact) mass is 273 g/mol. The molecule has 0 saturated carbocycles. The van der Waals surface area contributed by atoms with Gasteiger partial charge in [-0.25, -0.2) is 9.18 Å². The van der Waals surface area contributed by atoms with E-state index in [1.807, 2.05) is 20.8 Å². The van der Waals surface area contributed by atoms with Crippen LogP contribution in [0.2, 0.25) is 0 Å². The van der Waals surface area contributed by atoms with Crippen molar-refractivity contribution in [2.75, 3.05) is 0 Å². The molecule has 0 radical (unpaired) electrons. The summed E-state index contributed by atoms with van der Waals surface area (Å²) in [6, 6.07) is 7.02. The Morgan fingerprint density at radius 3 is 2.60 bits per heavy atom. The third-order valence-electron chi connectivity index (χ3n) is 3.12. The maximum absolute atomic E-state index is 13.4. The fraction of sp³-hybridized carbons (Fsp3) is 0.333. The predicted octanol–water partition coefficient (Wildman–Crippen LogP) is 3.00. The highest BCUT2D eigenvalue weighted by atomic mass is 19.1. The fourth-order valence-electron chi connectivity index (χ4n) is 2.21. The Morgan fingerprint density at radius 1 is 1.35 bits per heavy atom. The molecule has 0 unspecified atom stereocenters. The first-order chi connectivity index (χ1) is 9.32. The molecular weight excluding hydrogens is 257 g/mol. The summed E-state index contributed by atoms with van der Waals surface area (Å²) >= 11 is 0. The molecule has 2 rings (SSSR count). The van der Waals surface area contributed by atoms with Crippen LogP contribution in [0.15, 0.2) is 35.5 Å². The molecule has 0 bridgehead atoms. The van der Waals surface area contributed by atoms with Crippen molar-refractivity contribution in [1.82, 2.24) is 10.6 Å². The number of benzene rings is 1. The lowest BCUT2D eigenvalue weighted by molar-refractivity contribution is 0.235. The number of nitrogens with one attached hydrogen (secondary N) is 2.